The van der Waals surface area contributed by atoms with Crippen LogP contribution in [0.3, 0.4) is 0 Å². The number of rotatable bonds is 6. The molecule has 0 saturated heterocycles. The number of carbonyl (C=O) groups is 1. The van der Waals surface area contributed by atoms with Crippen LogP contribution in [-0.2, 0) is 12.8 Å². The second-order valence-electron chi connectivity index (χ2n) is 6.81. The largest absolute Gasteiger partial charge is 0.490 e. The van der Waals surface area contributed by atoms with Crippen LogP contribution >= 0.6 is 0 Å². The lowest BCUT2D eigenvalue weighted by Gasteiger charge is -2.35. The lowest BCUT2D eigenvalue weighted by molar-refractivity contribution is -0.385. The highest BCUT2D eigenvalue weighted by Crippen LogP contribution is 2.30. The average molecular weight is 368 g/mol. The van der Waals surface area contributed by atoms with Crippen LogP contribution in [0.15, 0.2) is 42.5 Å². The summed E-state index contributed by atoms with van der Waals surface area (Å²) in [5, 5.41) is 11.3. The number of ether oxygens (including phenoxy) is 1. The maximum atomic E-state index is 13.2. The number of nitro benzene ring substituents is 1. The summed E-state index contributed by atoms with van der Waals surface area (Å²) in [7, 11) is 1.38. The van der Waals surface area contributed by atoms with Gasteiger partial charge in [-0.15, -0.1) is 0 Å². The predicted molar refractivity (Wildman–Crippen MR) is 103 cm³/mol. The molecule has 0 radical (unpaired) electrons. The summed E-state index contributed by atoms with van der Waals surface area (Å²) in [4.78, 5) is 25.8. The number of fused-ring (bicyclic) bond motifs is 1. The van der Waals surface area contributed by atoms with Crippen molar-refractivity contribution in [2.75, 3.05) is 13.7 Å². The van der Waals surface area contributed by atoms with Crippen molar-refractivity contribution in [3.05, 3.63) is 69.3 Å². The van der Waals surface area contributed by atoms with E-state index in [1.165, 1.54) is 30.4 Å². The van der Waals surface area contributed by atoms with E-state index in [0.717, 1.165) is 25.7 Å². The quantitative estimate of drug-likeness (QED) is 0.570. The van der Waals surface area contributed by atoms with E-state index in [4.69, 9.17) is 4.74 Å². The molecule has 0 heterocycles. The molecule has 2 aromatic rings. The third-order valence-electron chi connectivity index (χ3n) is 5.11. The fourth-order valence-electron chi connectivity index (χ4n) is 3.77. The molecule has 27 heavy (non-hydrogen) atoms. The number of carbonyl (C=O) groups excluding carboxylic acids is 1. The molecule has 1 aliphatic rings. The minimum absolute atomic E-state index is 0.105. The van der Waals surface area contributed by atoms with Gasteiger partial charge in [-0.25, -0.2) is 0 Å². The van der Waals surface area contributed by atoms with Crippen LogP contribution in [0.5, 0.6) is 5.75 Å². The fraction of sp³-hybridized carbons (Fsp3) is 0.381. The van der Waals surface area contributed by atoms with Crippen LogP contribution in [0.1, 0.15) is 41.3 Å². The van der Waals surface area contributed by atoms with Crippen molar-refractivity contribution in [2.24, 2.45) is 0 Å². The fourth-order valence-corrected chi connectivity index (χ4v) is 3.77. The molecule has 6 heteroatoms. The summed E-state index contributed by atoms with van der Waals surface area (Å²) >= 11 is 0. The lowest BCUT2D eigenvalue weighted by Crippen LogP contribution is -2.43. The Morgan fingerprint density at radius 2 is 2.00 bits per heavy atom. The van der Waals surface area contributed by atoms with Crippen molar-refractivity contribution >= 4 is 11.6 Å². The van der Waals surface area contributed by atoms with Crippen LogP contribution in [0.2, 0.25) is 0 Å². The molecule has 1 amide bonds. The highest BCUT2D eigenvalue weighted by Gasteiger charge is 2.29. The van der Waals surface area contributed by atoms with Crippen molar-refractivity contribution in [2.45, 2.75) is 38.6 Å². The first-order valence-corrected chi connectivity index (χ1v) is 9.25. The van der Waals surface area contributed by atoms with Gasteiger partial charge in [-0.1, -0.05) is 31.2 Å². The van der Waals surface area contributed by atoms with Crippen molar-refractivity contribution < 1.29 is 14.5 Å². The lowest BCUT2D eigenvalue weighted by atomic mass is 9.87. The van der Waals surface area contributed by atoms with Gasteiger partial charge in [0, 0.05) is 24.2 Å². The summed E-state index contributed by atoms with van der Waals surface area (Å²) in [6, 6.07) is 12.9. The third kappa shape index (κ3) is 3.94. The maximum absolute atomic E-state index is 13.2. The standard InChI is InChI=1S/C21H24N2O4/c1-3-12-22(18-10-8-15-6-4-5-7-16(15)13-18)21(24)17-9-11-20(27-2)19(14-17)23(25)26/h4-7,9,11,14,18H,3,8,10,12-13H2,1-2H3. The Labute approximate surface area is 158 Å². The molecule has 0 bridgehead atoms. The van der Waals surface area contributed by atoms with E-state index in [1.54, 1.807) is 6.07 Å². The molecule has 0 saturated carbocycles. The molecule has 0 fully saturated rings. The molecule has 2 aromatic carbocycles. The van der Waals surface area contributed by atoms with E-state index >= 15 is 0 Å². The normalized spacial score (nSPS) is 15.7. The number of nitro groups is 1. The summed E-state index contributed by atoms with van der Waals surface area (Å²) in [6.07, 6.45) is 3.50. The highest BCUT2D eigenvalue weighted by molar-refractivity contribution is 5.95. The molecule has 0 N–H and O–H groups in total. The number of nitrogens with zero attached hydrogens (tertiary/aromatic N) is 2. The predicted octanol–water partition coefficient (Wildman–Crippen LogP) is 4.01. The Kier molecular flexibility index (Phi) is 5.74. The topological polar surface area (TPSA) is 72.7 Å². The van der Waals surface area contributed by atoms with Gasteiger partial charge >= 0.3 is 5.69 Å². The van der Waals surface area contributed by atoms with Crippen molar-refractivity contribution in [3.8, 4) is 5.75 Å². The minimum atomic E-state index is -0.517. The smallest absolute Gasteiger partial charge is 0.311 e. The molecular formula is C21H24N2O4. The number of hydrogen-bond acceptors (Lipinski definition) is 4. The first-order valence-electron chi connectivity index (χ1n) is 9.25. The van der Waals surface area contributed by atoms with E-state index in [-0.39, 0.29) is 23.4 Å². The SMILES string of the molecule is CCCN(C(=O)c1ccc(OC)c([N+](=O)[O-])c1)C1CCc2ccccc2C1. The monoisotopic (exact) mass is 368 g/mol. The maximum Gasteiger partial charge on any atom is 0.311 e. The summed E-state index contributed by atoms with van der Waals surface area (Å²) in [5.74, 6) is -0.00262. The summed E-state index contributed by atoms with van der Waals surface area (Å²) in [5.41, 5.74) is 2.77. The molecule has 0 aliphatic heterocycles. The molecule has 3 rings (SSSR count). The van der Waals surface area contributed by atoms with E-state index in [0.29, 0.717) is 12.1 Å². The second kappa shape index (κ2) is 8.20. The zero-order chi connectivity index (χ0) is 19.4. The number of aryl methyl sites for hydroxylation is 1. The van der Waals surface area contributed by atoms with Crippen LogP contribution in [0.25, 0.3) is 0 Å². The van der Waals surface area contributed by atoms with Crippen molar-refractivity contribution in [3.63, 3.8) is 0 Å². The Morgan fingerprint density at radius 1 is 1.26 bits per heavy atom. The van der Waals surface area contributed by atoms with Gasteiger partial charge in [-0.3, -0.25) is 14.9 Å². The Hall–Kier alpha value is -2.89. The van der Waals surface area contributed by atoms with Crippen LogP contribution in [0.4, 0.5) is 5.69 Å². The zero-order valence-corrected chi connectivity index (χ0v) is 15.7. The Morgan fingerprint density at radius 3 is 2.67 bits per heavy atom. The van der Waals surface area contributed by atoms with Crippen molar-refractivity contribution in [1.29, 1.82) is 0 Å². The van der Waals surface area contributed by atoms with Gasteiger partial charge in [0.1, 0.15) is 0 Å². The molecule has 0 spiro atoms. The molecule has 1 atom stereocenters. The Bertz CT molecular complexity index is 850. The third-order valence-corrected chi connectivity index (χ3v) is 5.11. The van der Waals surface area contributed by atoms with E-state index in [1.807, 2.05) is 24.0 Å². The summed E-state index contributed by atoms with van der Waals surface area (Å²) in [6.45, 7) is 2.67. The minimum Gasteiger partial charge on any atom is -0.490 e. The average Bonchev–Trinajstić information content (AvgIpc) is 2.70. The van der Waals surface area contributed by atoms with Gasteiger partial charge < -0.3 is 9.64 Å². The van der Waals surface area contributed by atoms with Gasteiger partial charge in [0.25, 0.3) is 5.91 Å². The number of benzene rings is 2. The number of hydrogen-bond donors (Lipinski definition) is 0. The van der Waals surface area contributed by atoms with E-state index in [2.05, 4.69) is 12.1 Å². The first-order chi connectivity index (χ1) is 13.0. The van der Waals surface area contributed by atoms with E-state index in [9.17, 15) is 14.9 Å². The summed E-state index contributed by atoms with van der Waals surface area (Å²) < 4.78 is 5.04. The molecule has 0 aromatic heterocycles. The van der Waals surface area contributed by atoms with Crippen molar-refractivity contribution in [1.82, 2.24) is 4.90 Å². The second-order valence-corrected chi connectivity index (χ2v) is 6.81. The zero-order valence-electron chi connectivity index (χ0n) is 15.7. The van der Waals surface area contributed by atoms with E-state index < -0.39 is 4.92 Å². The molecule has 1 unspecified atom stereocenters. The molecule has 1 aliphatic carbocycles. The number of methoxy groups -OCH3 is 1. The van der Waals surface area contributed by atoms with Gasteiger partial charge in [0.2, 0.25) is 0 Å². The molecular weight excluding hydrogens is 344 g/mol. The molecule has 142 valence electrons. The van der Waals surface area contributed by atoms with Gasteiger partial charge in [0.05, 0.1) is 12.0 Å². The highest BCUT2D eigenvalue weighted by atomic mass is 16.6. The first kappa shape index (κ1) is 18.9. The van der Waals surface area contributed by atoms with Crippen LogP contribution in [-0.4, -0.2) is 35.4 Å². The number of amides is 1. The molecule has 6 nitrogen and oxygen atoms in total. The van der Waals surface area contributed by atoms with Gasteiger partial charge in [-0.05, 0) is 48.9 Å². The Balaban J connectivity index is 1.88. The van der Waals surface area contributed by atoms with Gasteiger partial charge in [0.15, 0.2) is 5.75 Å². The van der Waals surface area contributed by atoms with Gasteiger partial charge in [-0.2, -0.15) is 0 Å². The van der Waals surface area contributed by atoms with Crippen LogP contribution < -0.4 is 4.74 Å². The van der Waals surface area contributed by atoms with Crippen LogP contribution in [0, 0.1) is 10.1 Å².